The van der Waals surface area contributed by atoms with E-state index in [4.69, 9.17) is 30.5 Å². The molecule has 0 aliphatic carbocycles. The largest absolute Gasteiger partial charge is 0.496 e. The second-order valence-corrected chi connectivity index (χ2v) is 9.65. The molecule has 0 radical (unpaired) electrons. The van der Waals surface area contributed by atoms with Crippen LogP contribution in [0.5, 0.6) is 11.5 Å². The summed E-state index contributed by atoms with van der Waals surface area (Å²) in [7, 11) is 1.59. The smallest absolute Gasteiger partial charge is 0.282 e. The van der Waals surface area contributed by atoms with Gasteiger partial charge in [-0.3, -0.25) is 9.59 Å². The Hall–Kier alpha value is -5.41. The molecule has 4 aromatic carbocycles. The summed E-state index contributed by atoms with van der Waals surface area (Å²) in [4.78, 5) is 30.4. The van der Waals surface area contributed by atoms with E-state index in [1.807, 2.05) is 24.3 Å². The van der Waals surface area contributed by atoms with E-state index in [0.29, 0.717) is 50.0 Å². The minimum Gasteiger partial charge on any atom is -0.496 e. The van der Waals surface area contributed by atoms with Crippen molar-refractivity contribution < 1.29 is 18.7 Å². The van der Waals surface area contributed by atoms with Crippen molar-refractivity contribution in [3.8, 4) is 23.1 Å². The molecule has 0 aliphatic rings. The van der Waals surface area contributed by atoms with Crippen LogP contribution in [0, 0.1) is 0 Å². The third-order valence-corrected chi connectivity index (χ3v) is 6.67. The molecule has 0 atom stereocenters. The number of aromatic nitrogens is 2. The monoisotopic (exact) mass is 578 g/mol. The normalized spacial score (nSPS) is 11.3. The maximum absolute atomic E-state index is 13.5. The van der Waals surface area contributed by atoms with Gasteiger partial charge in [0.05, 0.1) is 29.6 Å². The number of carbonyl (C=O) groups is 1. The number of halogens is 1. The van der Waals surface area contributed by atoms with Crippen molar-refractivity contribution >= 4 is 51.3 Å². The van der Waals surface area contributed by atoms with E-state index >= 15 is 0 Å². The van der Waals surface area contributed by atoms with Gasteiger partial charge in [-0.15, -0.1) is 0 Å². The van der Waals surface area contributed by atoms with Gasteiger partial charge in [-0.1, -0.05) is 29.8 Å². The molecule has 0 unspecified atom stereocenters. The number of anilines is 1. The lowest BCUT2D eigenvalue weighted by Gasteiger charge is -2.08. The van der Waals surface area contributed by atoms with Crippen molar-refractivity contribution in [3.05, 3.63) is 118 Å². The third-order valence-electron chi connectivity index (χ3n) is 6.42. The van der Waals surface area contributed by atoms with Crippen LogP contribution in [0.25, 0.3) is 33.5 Å². The summed E-state index contributed by atoms with van der Waals surface area (Å²) in [5.41, 5.74) is 2.10. The van der Waals surface area contributed by atoms with Gasteiger partial charge >= 0.3 is 0 Å². The number of furan rings is 1. The summed E-state index contributed by atoms with van der Waals surface area (Å²) in [5, 5.41) is 8.99. The first-order valence-electron chi connectivity index (χ1n) is 12.9. The van der Waals surface area contributed by atoms with Crippen LogP contribution >= 0.6 is 11.6 Å². The first-order valence-corrected chi connectivity index (χ1v) is 13.3. The highest BCUT2D eigenvalue weighted by Gasteiger charge is 2.18. The number of methoxy groups -OCH3 is 1. The molecule has 0 aliphatic heterocycles. The zero-order valence-electron chi connectivity index (χ0n) is 22.3. The van der Waals surface area contributed by atoms with Gasteiger partial charge in [0.25, 0.3) is 11.5 Å². The fraction of sp³-hybridized carbons (Fsp3) is 0.0625. The standard InChI is InChI=1S/C32H23ClN4O5/c1-40-27-7-4-8-28-25(27)17-29(42-28)31-36-26-6-3-2-5-24(26)32(39)37(31)34-18-20-9-15-23(16-10-20)41-19-30(38)35-22-13-11-21(33)12-14-22/h2-18H,19H2,1H3,(H,35,38). The van der Waals surface area contributed by atoms with Crippen LogP contribution in [0.2, 0.25) is 5.02 Å². The lowest BCUT2D eigenvalue weighted by atomic mass is 10.2. The van der Waals surface area contributed by atoms with Crippen LogP contribution < -0.4 is 20.3 Å². The summed E-state index contributed by atoms with van der Waals surface area (Å²) in [6.07, 6.45) is 1.54. The van der Waals surface area contributed by atoms with Crippen LogP contribution in [0.15, 0.2) is 111 Å². The van der Waals surface area contributed by atoms with Gasteiger partial charge < -0.3 is 19.2 Å². The highest BCUT2D eigenvalue weighted by Crippen LogP contribution is 2.32. The van der Waals surface area contributed by atoms with E-state index in [-0.39, 0.29) is 23.9 Å². The number of benzene rings is 4. The minimum atomic E-state index is -0.342. The van der Waals surface area contributed by atoms with Gasteiger partial charge in [-0.25, -0.2) is 4.98 Å². The third kappa shape index (κ3) is 5.59. The Labute approximate surface area is 244 Å². The fourth-order valence-corrected chi connectivity index (χ4v) is 4.49. The van der Waals surface area contributed by atoms with E-state index in [1.165, 1.54) is 4.68 Å². The number of carbonyl (C=O) groups excluding carboxylic acids is 1. The highest BCUT2D eigenvalue weighted by atomic mass is 35.5. The van der Waals surface area contributed by atoms with Crippen LogP contribution in [-0.4, -0.2) is 35.5 Å². The Morgan fingerprint density at radius 2 is 1.79 bits per heavy atom. The summed E-state index contributed by atoms with van der Waals surface area (Å²) in [5.74, 6) is 1.46. The second kappa shape index (κ2) is 11.6. The second-order valence-electron chi connectivity index (χ2n) is 9.21. The number of fused-ring (bicyclic) bond motifs is 2. The van der Waals surface area contributed by atoms with Gasteiger partial charge in [-0.05, 0) is 84.4 Å². The fourth-order valence-electron chi connectivity index (χ4n) is 4.37. The van der Waals surface area contributed by atoms with Crippen molar-refractivity contribution in [2.45, 2.75) is 0 Å². The first kappa shape index (κ1) is 26.8. The number of ether oxygens (including phenoxy) is 2. The first-order chi connectivity index (χ1) is 20.5. The predicted octanol–water partition coefficient (Wildman–Crippen LogP) is 6.37. The average Bonchev–Trinajstić information content (AvgIpc) is 3.46. The SMILES string of the molecule is COc1cccc2oc(-c3nc4ccccc4c(=O)n3N=Cc3ccc(OCC(=O)Nc4ccc(Cl)cc4)cc3)cc12. The van der Waals surface area contributed by atoms with Gasteiger partial charge in [0.2, 0.25) is 5.82 Å². The summed E-state index contributed by atoms with van der Waals surface area (Å²) >= 11 is 5.88. The Kier molecular flexibility index (Phi) is 7.40. The Morgan fingerprint density at radius 1 is 1.00 bits per heavy atom. The summed E-state index contributed by atoms with van der Waals surface area (Å²) in [6.45, 7) is -0.167. The van der Waals surface area contributed by atoms with Crippen molar-refractivity contribution in [1.29, 1.82) is 0 Å². The maximum Gasteiger partial charge on any atom is 0.282 e. The van der Waals surface area contributed by atoms with E-state index in [9.17, 15) is 9.59 Å². The minimum absolute atomic E-state index is 0.167. The molecule has 0 fully saturated rings. The van der Waals surface area contributed by atoms with E-state index in [2.05, 4.69) is 10.4 Å². The van der Waals surface area contributed by atoms with E-state index < -0.39 is 0 Å². The highest BCUT2D eigenvalue weighted by molar-refractivity contribution is 6.30. The van der Waals surface area contributed by atoms with Crippen LogP contribution in [0.3, 0.4) is 0 Å². The number of hydrogen-bond acceptors (Lipinski definition) is 7. The molecule has 208 valence electrons. The van der Waals surface area contributed by atoms with Crippen molar-refractivity contribution in [2.24, 2.45) is 5.10 Å². The molecule has 0 saturated heterocycles. The molecule has 1 amide bonds. The molecule has 6 aromatic rings. The molecule has 42 heavy (non-hydrogen) atoms. The molecular weight excluding hydrogens is 556 g/mol. The molecular formula is C32H23ClN4O5. The maximum atomic E-state index is 13.5. The van der Waals surface area contributed by atoms with Crippen molar-refractivity contribution in [3.63, 3.8) is 0 Å². The van der Waals surface area contributed by atoms with E-state index in [1.54, 1.807) is 86.1 Å². The molecule has 10 heteroatoms. The molecule has 0 bridgehead atoms. The molecule has 2 heterocycles. The Morgan fingerprint density at radius 3 is 2.57 bits per heavy atom. The van der Waals surface area contributed by atoms with E-state index in [0.717, 1.165) is 5.39 Å². The molecule has 2 aromatic heterocycles. The Balaban J connectivity index is 1.25. The van der Waals surface area contributed by atoms with Crippen LogP contribution in [-0.2, 0) is 4.79 Å². The summed E-state index contributed by atoms with van der Waals surface area (Å²) < 4.78 is 18.4. The molecule has 6 rings (SSSR count). The zero-order chi connectivity index (χ0) is 29.1. The number of hydrogen-bond donors (Lipinski definition) is 1. The zero-order valence-corrected chi connectivity index (χ0v) is 23.0. The predicted molar refractivity (Wildman–Crippen MR) is 163 cm³/mol. The number of nitrogens with zero attached hydrogens (tertiary/aromatic N) is 3. The van der Waals surface area contributed by atoms with Crippen molar-refractivity contribution in [2.75, 3.05) is 19.0 Å². The van der Waals surface area contributed by atoms with Crippen LogP contribution in [0.1, 0.15) is 5.56 Å². The van der Waals surface area contributed by atoms with Crippen molar-refractivity contribution in [1.82, 2.24) is 9.66 Å². The molecule has 0 saturated carbocycles. The van der Waals surface area contributed by atoms with Gasteiger partial charge in [0, 0.05) is 10.7 Å². The summed E-state index contributed by atoms with van der Waals surface area (Å²) in [6, 6.07) is 28.1. The number of para-hydroxylation sites is 1. The number of nitrogens with one attached hydrogen (secondary N) is 1. The van der Waals surface area contributed by atoms with Crippen LogP contribution in [0.4, 0.5) is 5.69 Å². The lowest BCUT2D eigenvalue weighted by molar-refractivity contribution is -0.118. The lowest BCUT2D eigenvalue weighted by Crippen LogP contribution is -2.20. The van der Waals surface area contributed by atoms with Gasteiger partial charge in [-0.2, -0.15) is 9.78 Å². The molecule has 9 nitrogen and oxygen atoms in total. The molecule has 0 spiro atoms. The Bertz CT molecular complexity index is 2000. The average molecular weight is 579 g/mol. The quantitative estimate of drug-likeness (QED) is 0.210. The number of amides is 1. The topological polar surface area (TPSA) is 108 Å². The number of rotatable bonds is 8. The molecule has 1 N–H and O–H groups in total. The van der Waals surface area contributed by atoms with Gasteiger partial charge in [0.1, 0.15) is 17.1 Å². The van der Waals surface area contributed by atoms with Gasteiger partial charge in [0.15, 0.2) is 12.4 Å².